The van der Waals surface area contributed by atoms with Gasteiger partial charge in [0.1, 0.15) is 17.6 Å². The van der Waals surface area contributed by atoms with Crippen LogP contribution >= 0.6 is 23.8 Å². The molecule has 2 saturated heterocycles. The van der Waals surface area contributed by atoms with E-state index in [2.05, 4.69) is 15.1 Å². The molecular formula is C31H33ClFN5O3S. The number of thiocarbonyl (C=S) groups is 1. The maximum Gasteiger partial charge on any atom is 0.256 e. The first-order valence-electron chi connectivity index (χ1n) is 13.9. The smallest absolute Gasteiger partial charge is 0.256 e. The third-order valence-corrected chi connectivity index (χ3v) is 8.26. The number of rotatable bonds is 10. The Kier molecular flexibility index (Phi) is 9.56. The first-order chi connectivity index (χ1) is 20.3. The molecule has 5 rings (SSSR count). The van der Waals surface area contributed by atoms with Crippen molar-refractivity contribution in [2.45, 2.75) is 18.9 Å². The first-order valence-corrected chi connectivity index (χ1v) is 14.7. The number of amides is 2. The molecule has 3 aromatic carbocycles. The summed E-state index contributed by atoms with van der Waals surface area (Å²) in [6.45, 7) is 4.83. The Hall–Kier alpha value is -3.73. The average Bonchev–Trinajstić information content (AvgIpc) is 3.23. The average molecular weight is 610 g/mol. The van der Waals surface area contributed by atoms with E-state index in [0.29, 0.717) is 33.8 Å². The molecule has 2 aliphatic heterocycles. The van der Waals surface area contributed by atoms with Crippen LogP contribution in [0.2, 0.25) is 5.02 Å². The molecule has 0 radical (unpaired) electrons. The number of hydrogen-bond donors (Lipinski definition) is 1. The second-order valence-electron chi connectivity index (χ2n) is 10.3. The van der Waals surface area contributed by atoms with Crippen molar-refractivity contribution in [2.75, 3.05) is 61.5 Å². The van der Waals surface area contributed by atoms with Crippen LogP contribution in [0.5, 0.6) is 5.75 Å². The fourth-order valence-electron chi connectivity index (χ4n) is 5.32. The molecule has 3 aromatic rings. The Morgan fingerprint density at radius 2 is 1.60 bits per heavy atom. The zero-order valence-electron chi connectivity index (χ0n) is 23.3. The van der Waals surface area contributed by atoms with Gasteiger partial charge in [-0.05, 0) is 98.0 Å². The number of nitrogens with one attached hydrogen (secondary N) is 1. The molecule has 0 aliphatic carbocycles. The standard InChI is InChI=1S/C31H33ClFN5O3S/c1-41-27-13-11-26(12-14-27)38-30(40)28(21-29(39)34-24-7-3-22(32)4-8-24)37(31(38)42)16-2-15-35-17-19-36(20-18-35)25-9-5-23(33)6-10-25/h3-14,28H,2,15-21H2,1H3,(H,34,39)/t28-/m1/s1. The lowest BCUT2D eigenvalue weighted by atomic mass is 10.1. The fraction of sp³-hybridized carbons (Fsp3) is 0.323. The van der Waals surface area contributed by atoms with Crippen molar-refractivity contribution in [1.82, 2.24) is 9.80 Å². The van der Waals surface area contributed by atoms with Gasteiger partial charge in [-0.15, -0.1) is 0 Å². The zero-order valence-corrected chi connectivity index (χ0v) is 24.9. The van der Waals surface area contributed by atoms with Crippen LogP contribution in [0.25, 0.3) is 0 Å². The van der Waals surface area contributed by atoms with Crippen LogP contribution in [0.4, 0.5) is 21.5 Å². The number of halogens is 2. The number of benzene rings is 3. The van der Waals surface area contributed by atoms with Crippen molar-refractivity contribution >= 4 is 57.8 Å². The molecule has 8 nitrogen and oxygen atoms in total. The number of ether oxygens (including phenoxy) is 1. The van der Waals surface area contributed by atoms with Crippen LogP contribution in [0.15, 0.2) is 72.8 Å². The molecule has 0 unspecified atom stereocenters. The maximum absolute atomic E-state index is 13.7. The van der Waals surface area contributed by atoms with Gasteiger partial charge in [0, 0.05) is 49.1 Å². The SMILES string of the molecule is COc1ccc(N2C(=O)[C@@H](CC(=O)Nc3ccc(Cl)cc3)N(CCCN3CCN(c4ccc(F)cc4)CC3)C2=S)cc1. The third-order valence-electron chi connectivity index (χ3n) is 7.59. The molecule has 1 N–H and O–H groups in total. The molecule has 0 aromatic heterocycles. The van der Waals surface area contributed by atoms with Crippen molar-refractivity contribution in [3.8, 4) is 5.75 Å². The number of anilines is 3. The maximum atomic E-state index is 13.7. The van der Waals surface area contributed by atoms with Crippen LogP contribution in [-0.2, 0) is 9.59 Å². The lowest BCUT2D eigenvalue weighted by Gasteiger charge is -2.36. The minimum absolute atomic E-state index is 0.0371. The van der Waals surface area contributed by atoms with Crippen molar-refractivity contribution < 1.29 is 18.7 Å². The minimum atomic E-state index is -0.720. The fourth-order valence-corrected chi connectivity index (χ4v) is 5.86. The number of carbonyl (C=O) groups is 2. The van der Waals surface area contributed by atoms with Crippen LogP contribution in [-0.4, -0.2) is 79.1 Å². The van der Waals surface area contributed by atoms with E-state index in [9.17, 15) is 14.0 Å². The highest BCUT2D eigenvalue weighted by atomic mass is 35.5. The van der Waals surface area contributed by atoms with Gasteiger partial charge in [0.2, 0.25) is 5.91 Å². The van der Waals surface area contributed by atoms with Crippen LogP contribution in [0, 0.1) is 5.82 Å². The van der Waals surface area contributed by atoms with E-state index in [-0.39, 0.29) is 24.1 Å². The monoisotopic (exact) mass is 609 g/mol. The second-order valence-corrected chi connectivity index (χ2v) is 11.1. The summed E-state index contributed by atoms with van der Waals surface area (Å²) in [6.07, 6.45) is 0.736. The summed E-state index contributed by atoms with van der Waals surface area (Å²) in [5.41, 5.74) is 2.26. The van der Waals surface area contributed by atoms with E-state index in [1.807, 2.05) is 17.0 Å². The summed E-state index contributed by atoms with van der Waals surface area (Å²) in [5.74, 6) is -0.0742. The molecule has 42 heavy (non-hydrogen) atoms. The molecule has 2 fully saturated rings. The molecule has 220 valence electrons. The van der Waals surface area contributed by atoms with E-state index in [1.165, 1.54) is 17.0 Å². The van der Waals surface area contributed by atoms with Gasteiger partial charge in [-0.2, -0.15) is 0 Å². The molecule has 11 heteroatoms. The van der Waals surface area contributed by atoms with Gasteiger partial charge in [0.25, 0.3) is 5.91 Å². The van der Waals surface area contributed by atoms with E-state index in [1.54, 1.807) is 55.6 Å². The Morgan fingerprint density at radius 1 is 0.952 bits per heavy atom. The molecule has 0 spiro atoms. The van der Waals surface area contributed by atoms with Crippen molar-refractivity contribution in [3.63, 3.8) is 0 Å². The van der Waals surface area contributed by atoms with Crippen molar-refractivity contribution in [1.29, 1.82) is 0 Å². The highest BCUT2D eigenvalue weighted by molar-refractivity contribution is 7.80. The summed E-state index contributed by atoms with van der Waals surface area (Å²) in [6, 6.07) is 19.9. The predicted molar refractivity (Wildman–Crippen MR) is 168 cm³/mol. The zero-order chi connectivity index (χ0) is 29.6. The molecular weight excluding hydrogens is 577 g/mol. The molecule has 2 heterocycles. The van der Waals surface area contributed by atoms with E-state index < -0.39 is 6.04 Å². The normalized spacial score (nSPS) is 17.6. The summed E-state index contributed by atoms with van der Waals surface area (Å²) in [4.78, 5) is 34.7. The van der Waals surface area contributed by atoms with E-state index >= 15 is 0 Å². The highest BCUT2D eigenvalue weighted by Crippen LogP contribution is 2.29. The quantitative estimate of drug-likeness (QED) is 0.323. The topological polar surface area (TPSA) is 68.4 Å². The van der Waals surface area contributed by atoms with Crippen LogP contribution in [0.1, 0.15) is 12.8 Å². The van der Waals surface area contributed by atoms with E-state index in [4.69, 9.17) is 28.6 Å². The Morgan fingerprint density at radius 3 is 2.24 bits per heavy atom. The van der Waals surface area contributed by atoms with Gasteiger partial charge < -0.3 is 19.9 Å². The van der Waals surface area contributed by atoms with Gasteiger partial charge in [-0.3, -0.25) is 19.4 Å². The van der Waals surface area contributed by atoms with Crippen LogP contribution in [0.3, 0.4) is 0 Å². The van der Waals surface area contributed by atoms with Gasteiger partial charge >= 0.3 is 0 Å². The Labute approximate surface area is 255 Å². The third kappa shape index (κ3) is 7.00. The number of hydrogen-bond acceptors (Lipinski definition) is 6. The predicted octanol–water partition coefficient (Wildman–Crippen LogP) is 5.03. The van der Waals surface area contributed by atoms with Crippen molar-refractivity contribution in [3.05, 3.63) is 83.6 Å². The number of piperazine rings is 1. The summed E-state index contributed by atoms with van der Waals surface area (Å²) >= 11 is 11.8. The molecule has 1 atom stereocenters. The lowest BCUT2D eigenvalue weighted by molar-refractivity contribution is -0.124. The molecule has 2 amide bonds. The summed E-state index contributed by atoms with van der Waals surface area (Å²) in [7, 11) is 1.58. The second kappa shape index (κ2) is 13.5. The van der Waals surface area contributed by atoms with E-state index in [0.717, 1.165) is 44.8 Å². The van der Waals surface area contributed by atoms with Gasteiger partial charge in [-0.1, -0.05) is 11.6 Å². The van der Waals surface area contributed by atoms with Crippen molar-refractivity contribution in [2.24, 2.45) is 0 Å². The number of methoxy groups -OCH3 is 1. The van der Waals surface area contributed by atoms with Gasteiger partial charge in [0.05, 0.1) is 19.2 Å². The lowest BCUT2D eigenvalue weighted by Crippen LogP contribution is -2.47. The van der Waals surface area contributed by atoms with Crippen LogP contribution < -0.4 is 19.9 Å². The number of carbonyl (C=O) groups excluding carboxylic acids is 2. The summed E-state index contributed by atoms with van der Waals surface area (Å²) < 4.78 is 18.6. The molecule has 2 aliphatic rings. The van der Waals surface area contributed by atoms with Gasteiger partial charge in [-0.25, -0.2) is 4.39 Å². The summed E-state index contributed by atoms with van der Waals surface area (Å²) in [5, 5.41) is 3.82. The largest absolute Gasteiger partial charge is 0.497 e. The minimum Gasteiger partial charge on any atom is -0.497 e. The highest BCUT2D eigenvalue weighted by Gasteiger charge is 2.44. The Balaban J connectivity index is 1.22. The molecule has 0 bridgehead atoms. The Bertz CT molecular complexity index is 1400. The van der Waals surface area contributed by atoms with Gasteiger partial charge in [0.15, 0.2) is 5.11 Å². The first kappa shape index (κ1) is 29.8. The number of nitrogens with zero attached hydrogens (tertiary/aromatic N) is 4. The molecule has 0 saturated carbocycles.